The number of aromatic nitrogens is 1. The van der Waals surface area contributed by atoms with Crippen molar-refractivity contribution in [3.8, 4) is 22.8 Å². The van der Waals surface area contributed by atoms with Crippen LogP contribution in [0.15, 0.2) is 42.5 Å². The molecule has 0 saturated carbocycles. The summed E-state index contributed by atoms with van der Waals surface area (Å²) in [6, 6.07) is 13.1. The van der Waals surface area contributed by atoms with E-state index in [1.54, 1.807) is 12.1 Å². The fourth-order valence-electron chi connectivity index (χ4n) is 3.31. The van der Waals surface area contributed by atoms with Crippen LogP contribution in [0.1, 0.15) is 26.3 Å². The predicted octanol–water partition coefficient (Wildman–Crippen LogP) is 4.49. The van der Waals surface area contributed by atoms with Crippen molar-refractivity contribution in [1.82, 2.24) is 4.57 Å². The SMILES string of the molecule is CCn1c(-c2cccc(OC(C)=O)c2)c(C)c2ccc(OC(C)=O)cc21. The first kappa shape index (κ1) is 17.7. The van der Waals surface area contributed by atoms with Crippen LogP contribution in [0, 0.1) is 6.92 Å². The predicted molar refractivity (Wildman–Crippen MR) is 100 cm³/mol. The third-order valence-corrected chi connectivity index (χ3v) is 4.24. The average Bonchev–Trinajstić information content (AvgIpc) is 2.85. The van der Waals surface area contributed by atoms with E-state index in [-0.39, 0.29) is 11.9 Å². The van der Waals surface area contributed by atoms with Gasteiger partial charge in [0, 0.05) is 37.4 Å². The number of hydrogen-bond acceptors (Lipinski definition) is 4. The Kier molecular flexibility index (Phi) is 4.80. The number of aryl methyl sites for hydroxylation is 2. The van der Waals surface area contributed by atoms with Crippen LogP contribution in [-0.2, 0) is 16.1 Å². The lowest BCUT2D eigenvalue weighted by Gasteiger charge is -2.11. The van der Waals surface area contributed by atoms with Crippen molar-refractivity contribution in [1.29, 1.82) is 0 Å². The molecule has 5 heteroatoms. The van der Waals surface area contributed by atoms with Crippen LogP contribution in [0.3, 0.4) is 0 Å². The third kappa shape index (κ3) is 3.33. The van der Waals surface area contributed by atoms with Crippen LogP contribution < -0.4 is 9.47 Å². The van der Waals surface area contributed by atoms with Gasteiger partial charge in [-0.2, -0.15) is 0 Å². The van der Waals surface area contributed by atoms with Crippen molar-refractivity contribution in [3.05, 3.63) is 48.0 Å². The lowest BCUT2D eigenvalue weighted by atomic mass is 10.1. The Bertz CT molecular complexity index is 1000. The molecule has 1 heterocycles. The Morgan fingerprint density at radius 2 is 1.62 bits per heavy atom. The molecule has 3 rings (SSSR count). The number of esters is 2. The fraction of sp³-hybridized carbons (Fsp3) is 0.238. The Morgan fingerprint density at radius 3 is 2.23 bits per heavy atom. The van der Waals surface area contributed by atoms with E-state index in [9.17, 15) is 9.59 Å². The zero-order chi connectivity index (χ0) is 18.8. The smallest absolute Gasteiger partial charge is 0.308 e. The van der Waals surface area contributed by atoms with E-state index in [2.05, 4.69) is 18.4 Å². The minimum absolute atomic E-state index is 0.343. The molecule has 1 aromatic heterocycles. The summed E-state index contributed by atoms with van der Waals surface area (Å²) >= 11 is 0. The topological polar surface area (TPSA) is 57.5 Å². The molecule has 0 saturated heterocycles. The van der Waals surface area contributed by atoms with Gasteiger partial charge in [-0.15, -0.1) is 0 Å². The lowest BCUT2D eigenvalue weighted by molar-refractivity contribution is -0.132. The fourth-order valence-corrected chi connectivity index (χ4v) is 3.31. The van der Waals surface area contributed by atoms with Gasteiger partial charge in [0.1, 0.15) is 11.5 Å². The van der Waals surface area contributed by atoms with E-state index in [1.165, 1.54) is 13.8 Å². The molecule has 2 aromatic carbocycles. The molecule has 0 spiro atoms. The number of carbonyl (C=O) groups is 2. The van der Waals surface area contributed by atoms with Crippen LogP contribution in [-0.4, -0.2) is 16.5 Å². The molecule has 5 nitrogen and oxygen atoms in total. The second-order valence-electron chi connectivity index (χ2n) is 6.11. The van der Waals surface area contributed by atoms with Crippen molar-refractivity contribution in [2.24, 2.45) is 0 Å². The highest BCUT2D eigenvalue weighted by Crippen LogP contribution is 2.36. The average molecular weight is 351 g/mol. The van der Waals surface area contributed by atoms with Gasteiger partial charge in [0.15, 0.2) is 0 Å². The minimum atomic E-state index is -0.346. The molecular weight excluding hydrogens is 330 g/mol. The molecule has 0 radical (unpaired) electrons. The molecule has 0 bridgehead atoms. The molecule has 134 valence electrons. The number of ether oxygens (including phenoxy) is 2. The van der Waals surface area contributed by atoms with Crippen molar-refractivity contribution < 1.29 is 19.1 Å². The summed E-state index contributed by atoms with van der Waals surface area (Å²) in [5.41, 5.74) is 4.14. The maximum absolute atomic E-state index is 11.3. The van der Waals surface area contributed by atoms with Gasteiger partial charge in [0.2, 0.25) is 0 Å². The molecule has 0 N–H and O–H groups in total. The normalized spacial score (nSPS) is 10.8. The first-order valence-corrected chi connectivity index (χ1v) is 8.50. The van der Waals surface area contributed by atoms with E-state index >= 15 is 0 Å². The number of rotatable bonds is 4. The molecule has 26 heavy (non-hydrogen) atoms. The van der Waals surface area contributed by atoms with Gasteiger partial charge < -0.3 is 14.0 Å². The molecule has 0 atom stereocenters. The van der Waals surface area contributed by atoms with E-state index in [0.717, 1.165) is 34.3 Å². The van der Waals surface area contributed by atoms with Gasteiger partial charge in [-0.1, -0.05) is 12.1 Å². The molecule has 0 aliphatic heterocycles. The highest BCUT2D eigenvalue weighted by atomic mass is 16.5. The lowest BCUT2D eigenvalue weighted by Crippen LogP contribution is -2.02. The van der Waals surface area contributed by atoms with Crippen LogP contribution in [0.25, 0.3) is 22.2 Å². The van der Waals surface area contributed by atoms with Gasteiger partial charge in [-0.05, 0) is 43.7 Å². The van der Waals surface area contributed by atoms with Crippen LogP contribution in [0.2, 0.25) is 0 Å². The number of carbonyl (C=O) groups excluding carboxylic acids is 2. The third-order valence-electron chi connectivity index (χ3n) is 4.24. The van der Waals surface area contributed by atoms with Gasteiger partial charge in [-0.25, -0.2) is 0 Å². The Labute approximate surface area is 152 Å². The number of hydrogen-bond donors (Lipinski definition) is 0. The molecule has 3 aromatic rings. The molecule has 0 unspecified atom stereocenters. The Balaban J connectivity index is 2.18. The Morgan fingerprint density at radius 1 is 0.962 bits per heavy atom. The summed E-state index contributed by atoms with van der Waals surface area (Å²) in [7, 11) is 0. The summed E-state index contributed by atoms with van der Waals surface area (Å²) in [5.74, 6) is 0.353. The second kappa shape index (κ2) is 7.04. The van der Waals surface area contributed by atoms with Crippen molar-refractivity contribution in [2.45, 2.75) is 34.2 Å². The van der Waals surface area contributed by atoms with E-state index in [0.29, 0.717) is 11.5 Å². The van der Waals surface area contributed by atoms with Crippen LogP contribution >= 0.6 is 0 Å². The Hall–Kier alpha value is -3.08. The maximum Gasteiger partial charge on any atom is 0.308 e. The van der Waals surface area contributed by atoms with Gasteiger partial charge in [-0.3, -0.25) is 9.59 Å². The quantitative estimate of drug-likeness (QED) is 0.513. The minimum Gasteiger partial charge on any atom is -0.427 e. The van der Waals surface area contributed by atoms with Gasteiger partial charge in [0.05, 0.1) is 11.2 Å². The highest BCUT2D eigenvalue weighted by molar-refractivity contribution is 5.93. The number of nitrogens with zero attached hydrogens (tertiary/aromatic N) is 1. The van der Waals surface area contributed by atoms with Gasteiger partial charge >= 0.3 is 11.9 Å². The summed E-state index contributed by atoms with van der Waals surface area (Å²) in [6.45, 7) is 7.66. The highest BCUT2D eigenvalue weighted by Gasteiger charge is 2.16. The van der Waals surface area contributed by atoms with Crippen molar-refractivity contribution in [3.63, 3.8) is 0 Å². The summed E-state index contributed by atoms with van der Waals surface area (Å²) < 4.78 is 12.6. The first-order chi connectivity index (χ1) is 12.4. The molecule has 0 amide bonds. The summed E-state index contributed by atoms with van der Waals surface area (Å²) in [6.07, 6.45) is 0. The molecule has 0 aliphatic carbocycles. The summed E-state index contributed by atoms with van der Waals surface area (Å²) in [4.78, 5) is 22.5. The zero-order valence-electron chi connectivity index (χ0n) is 15.3. The maximum atomic E-state index is 11.3. The number of benzene rings is 2. The van der Waals surface area contributed by atoms with E-state index in [1.807, 2.05) is 30.3 Å². The molecule has 0 fully saturated rings. The van der Waals surface area contributed by atoms with E-state index in [4.69, 9.17) is 9.47 Å². The summed E-state index contributed by atoms with van der Waals surface area (Å²) in [5, 5.41) is 1.09. The van der Waals surface area contributed by atoms with Crippen LogP contribution in [0.4, 0.5) is 0 Å². The standard InChI is InChI=1S/C21H21NO4/c1-5-22-20-12-18(26-15(4)24)9-10-19(20)13(2)21(22)16-7-6-8-17(11-16)25-14(3)23/h6-12H,5H2,1-4H3. The second-order valence-corrected chi connectivity index (χ2v) is 6.11. The largest absolute Gasteiger partial charge is 0.427 e. The molecule has 0 aliphatic rings. The first-order valence-electron chi connectivity index (χ1n) is 8.50. The van der Waals surface area contributed by atoms with Gasteiger partial charge in [0.25, 0.3) is 0 Å². The van der Waals surface area contributed by atoms with Crippen LogP contribution in [0.5, 0.6) is 11.5 Å². The monoisotopic (exact) mass is 351 g/mol. The molecular formula is C21H21NO4. The zero-order valence-corrected chi connectivity index (χ0v) is 15.3. The van der Waals surface area contributed by atoms with E-state index < -0.39 is 0 Å². The van der Waals surface area contributed by atoms with Crippen molar-refractivity contribution >= 4 is 22.8 Å². The number of fused-ring (bicyclic) bond motifs is 1. The van der Waals surface area contributed by atoms with Crippen molar-refractivity contribution in [2.75, 3.05) is 0 Å².